The van der Waals surface area contributed by atoms with Gasteiger partial charge in [-0.3, -0.25) is 0 Å². The third-order valence-corrected chi connectivity index (χ3v) is 11.8. The average Bonchev–Trinajstić information content (AvgIpc) is 3.86. The van der Waals surface area contributed by atoms with E-state index in [0.29, 0.717) is 5.84 Å². The number of fused-ring (bicyclic) bond motifs is 4. The van der Waals surface area contributed by atoms with Crippen molar-refractivity contribution in [1.82, 2.24) is 5.32 Å². The highest BCUT2D eigenvalue weighted by molar-refractivity contribution is 7.25. The Balaban J connectivity index is 1.06. The Kier molecular flexibility index (Phi) is 8.66. The normalized spacial score (nSPS) is 15.6. The molecule has 0 spiro atoms. The SMILES string of the molecule is N=C/C=C\c1coc2ccc(-c3cccc(C4=NC(c5ccccc5)NC(c5cccc6sc7ccc(-c8ccc(C9=CC=CCC9)cc8)cc7c56)=N4)c3)cc12. The number of nitrogens with one attached hydrogen (secondary N) is 2. The van der Waals surface area contributed by atoms with E-state index >= 15 is 0 Å². The van der Waals surface area contributed by atoms with E-state index in [-0.39, 0.29) is 6.17 Å². The van der Waals surface area contributed by atoms with E-state index < -0.39 is 0 Å². The molecule has 268 valence electrons. The first-order valence-corrected chi connectivity index (χ1v) is 19.7. The number of furan rings is 1. The summed E-state index contributed by atoms with van der Waals surface area (Å²) in [5.74, 6) is 1.47. The molecular formula is C50H36N4OS. The molecule has 0 radical (unpaired) electrons. The molecule has 0 amide bonds. The van der Waals surface area contributed by atoms with Gasteiger partial charge < -0.3 is 15.1 Å². The molecule has 2 aromatic heterocycles. The number of nitrogens with zero attached hydrogens (tertiary/aromatic N) is 2. The first kappa shape index (κ1) is 33.7. The van der Waals surface area contributed by atoms with E-state index in [0.717, 1.165) is 63.0 Å². The number of allylic oxidation sites excluding steroid dienone is 5. The van der Waals surface area contributed by atoms with Crippen LogP contribution in [-0.4, -0.2) is 17.9 Å². The van der Waals surface area contributed by atoms with Crippen LogP contribution in [0.25, 0.3) is 65.0 Å². The molecule has 1 aliphatic heterocycles. The summed E-state index contributed by atoms with van der Waals surface area (Å²) < 4.78 is 8.26. The second-order valence-corrected chi connectivity index (χ2v) is 15.2. The van der Waals surface area contributed by atoms with Crippen molar-refractivity contribution in [2.24, 2.45) is 9.98 Å². The van der Waals surface area contributed by atoms with E-state index in [4.69, 9.17) is 19.8 Å². The van der Waals surface area contributed by atoms with Gasteiger partial charge in [0.2, 0.25) is 0 Å². The Bertz CT molecular complexity index is 2960. The van der Waals surface area contributed by atoms with Crippen molar-refractivity contribution in [2.45, 2.75) is 19.0 Å². The summed E-state index contributed by atoms with van der Waals surface area (Å²) in [6.07, 6.45) is 15.1. The molecule has 2 aliphatic rings. The van der Waals surface area contributed by atoms with Gasteiger partial charge in [-0.2, -0.15) is 0 Å². The van der Waals surface area contributed by atoms with E-state index in [2.05, 4.69) is 145 Å². The second-order valence-electron chi connectivity index (χ2n) is 14.1. The zero-order chi connectivity index (χ0) is 37.4. The van der Waals surface area contributed by atoms with Crippen LogP contribution in [0.1, 0.15) is 46.8 Å². The number of hydrogen-bond donors (Lipinski definition) is 2. The molecule has 0 saturated heterocycles. The lowest BCUT2D eigenvalue weighted by molar-refractivity contribution is 0.615. The Labute approximate surface area is 328 Å². The zero-order valence-corrected chi connectivity index (χ0v) is 31.3. The highest BCUT2D eigenvalue weighted by Crippen LogP contribution is 2.39. The standard InChI is InChI=1S/C50H36N4OS/c51-27-9-16-40-31-55-44-25-23-38(29-42(40)44)36-14-7-15-39(28-36)49-52-48(35-12-5-2-6-13-35)53-50(54-49)41-17-8-18-46-47(41)43-30-37(24-26-45(43)56-46)34-21-19-33(20-22-34)32-10-3-1-4-11-32/h1-3,5-10,12-31,48,51H,4,11H2,(H,52,53,54)/b16-9-,51-27?. The van der Waals surface area contributed by atoms with E-state index in [1.807, 2.05) is 29.5 Å². The largest absolute Gasteiger partial charge is 0.464 e. The van der Waals surface area contributed by atoms with Gasteiger partial charge in [-0.1, -0.05) is 115 Å². The van der Waals surface area contributed by atoms with Gasteiger partial charge in [-0.15, -0.1) is 11.3 Å². The summed E-state index contributed by atoms with van der Waals surface area (Å²) in [6, 6.07) is 47.4. The van der Waals surface area contributed by atoms with Crippen molar-refractivity contribution in [3.63, 3.8) is 0 Å². The zero-order valence-electron chi connectivity index (χ0n) is 30.4. The van der Waals surface area contributed by atoms with Crippen molar-refractivity contribution in [2.75, 3.05) is 0 Å². The smallest absolute Gasteiger partial charge is 0.159 e. The van der Waals surface area contributed by atoms with Crippen LogP contribution in [0.3, 0.4) is 0 Å². The summed E-state index contributed by atoms with van der Waals surface area (Å²) in [5, 5.41) is 14.6. The topological polar surface area (TPSA) is 73.7 Å². The summed E-state index contributed by atoms with van der Waals surface area (Å²) in [7, 11) is 0. The monoisotopic (exact) mass is 740 g/mol. The summed E-state index contributed by atoms with van der Waals surface area (Å²) >= 11 is 1.82. The van der Waals surface area contributed by atoms with Crippen LogP contribution >= 0.6 is 11.3 Å². The molecule has 0 saturated carbocycles. The van der Waals surface area contributed by atoms with Crippen LogP contribution in [0, 0.1) is 5.41 Å². The van der Waals surface area contributed by atoms with Crippen molar-refractivity contribution < 1.29 is 4.42 Å². The first-order valence-electron chi connectivity index (χ1n) is 18.9. The number of benzene rings is 6. The van der Waals surface area contributed by atoms with E-state index in [1.54, 1.807) is 12.3 Å². The summed E-state index contributed by atoms with van der Waals surface area (Å²) in [5.41, 5.74) is 12.0. The van der Waals surface area contributed by atoms with Gasteiger partial charge in [-0.05, 0) is 100 Å². The molecule has 3 heterocycles. The van der Waals surface area contributed by atoms with Gasteiger partial charge in [0.15, 0.2) is 5.84 Å². The van der Waals surface area contributed by atoms with Crippen LogP contribution in [0.4, 0.5) is 0 Å². The highest BCUT2D eigenvalue weighted by Gasteiger charge is 2.24. The average molecular weight is 741 g/mol. The predicted molar refractivity (Wildman–Crippen MR) is 236 cm³/mol. The maximum Gasteiger partial charge on any atom is 0.159 e. The van der Waals surface area contributed by atoms with E-state index in [9.17, 15) is 0 Å². The number of hydrogen-bond acceptors (Lipinski definition) is 6. The van der Waals surface area contributed by atoms with E-state index in [1.165, 1.54) is 48.7 Å². The lowest BCUT2D eigenvalue weighted by atomic mass is 9.95. The molecule has 1 aliphatic carbocycles. The van der Waals surface area contributed by atoms with Crippen LogP contribution in [-0.2, 0) is 0 Å². The summed E-state index contributed by atoms with van der Waals surface area (Å²) in [6.45, 7) is 0. The van der Waals surface area contributed by atoms with Crippen molar-refractivity contribution in [1.29, 1.82) is 5.41 Å². The van der Waals surface area contributed by atoms with Crippen molar-refractivity contribution >= 4 is 72.0 Å². The van der Waals surface area contributed by atoms with Crippen LogP contribution in [0.15, 0.2) is 178 Å². The Morgan fingerprint density at radius 1 is 0.714 bits per heavy atom. The number of amidine groups is 2. The molecule has 56 heavy (non-hydrogen) atoms. The molecule has 2 N–H and O–H groups in total. The molecule has 5 nitrogen and oxygen atoms in total. The van der Waals surface area contributed by atoms with Gasteiger partial charge in [0.25, 0.3) is 0 Å². The molecule has 10 rings (SSSR count). The molecule has 6 aromatic carbocycles. The molecule has 1 atom stereocenters. The van der Waals surface area contributed by atoms with Gasteiger partial charge in [0, 0.05) is 48.5 Å². The van der Waals surface area contributed by atoms with Crippen LogP contribution < -0.4 is 5.32 Å². The minimum atomic E-state index is -0.322. The minimum Gasteiger partial charge on any atom is -0.464 e. The number of rotatable bonds is 8. The maximum absolute atomic E-state index is 7.42. The van der Waals surface area contributed by atoms with Crippen molar-refractivity contribution in [3.8, 4) is 22.3 Å². The predicted octanol–water partition coefficient (Wildman–Crippen LogP) is 13.0. The first-order chi connectivity index (χ1) is 27.7. The van der Waals surface area contributed by atoms with Gasteiger partial charge in [0.1, 0.15) is 17.6 Å². The van der Waals surface area contributed by atoms with Gasteiger partial charge in [-0.25, -0.2) is 9.98 Å². The molecule has 0 bridgehead atoms. The molecule has 6 heteroatoms. The summed E-state index contributed by atoms with van der Waals surface area (Å²) in [4.78, 5) is 10.5. The fourth-order valence-electron chi connectivity index (χ4n) is 7.79. The lowest BCUT2D eigenvalue weighted by Crippen LogP contribution is -2.33. The van der Waals surface area contributed by atoms with Crippen LogP contribution in [0.2, 0.25) is 0 Å². The molecule has 1 unspecified atom stereocenters. The van der Waals surface area contributed by atoms with Gasteiger partial charge >= 0.3 is 0 Å². The van der Waals surface area contributed by atoms with Crippen LogP contribution in [0.5, 0.6) is 0 Å². The van der Waals surface area contributed by atoms with Crippen molar-refractivity contribution in [3.05, 3.63) is 192 Å². The Hall–Kier alpha value is -6.89. The minimum absolute atomic E-state index is 0.322. The number of aliphatic imine (C=N–C) groups is 2. The molecule has 0 fully saturated rings. The maximum atomic E-state index is 7.42. The number of thiophene rings is 1. The Morgan fingerprint density at radius 2 is 1.48 bits per heavy atom. The lowest BCUT2D eigenvalue weighted by Gasteiger charge is -2.24. The van der Waals surface area contributed by atoms with Gasteiger partial charge in [0.05, 0.1) is 6.26 Å². The molecule has 8 aromatic rings. The molecular weight excluding hydrogens is 705 g/mol. The quantitative estimate of drug-likeness (QED) is 0.152. The third kappa shape index (κ3) is 6.30. The fourth-order valence-corrected chi connectivity index (χ4v) is 8.90. The second kappa shape index (κ2) is 14.4. The third-order valence-electron chi connectivity index (χ3n) is 10.6. The Morgan fingerprint density at radius 3 is 2.34 bits per heavy atom. The highest BCUT2D eigenvalue weighted by atomic mass is 32.1. The fraction of sp³-hybridized carbons (Fsp3) is 0.0600.